The van der Waals surface area contributed by atoms with E-state index < -0.39 is 31.8 Å². The van der Waals surface area contributed by atoms with E-state index >= 15 is 0 Å². The van der Waals surface area contributed by atoms with Crippen molar-refractivity contribution in [3.63, 3.8) is 0 Å². The summed E-state index contributed by atoms with van der Waals surface area (Å²) in [6.07, 6.45) is -3.99. The van der Waals surface area contributed by atoms with Crippen molar-refractivity contribution in [3.8, 4) is 0 Å². The van der Waals surface area contributed by atoms with Crippen molar-refractivity contribution < 1.29 is 25.5 Å². The lowest BCUT2D eigenvalue weighted by Crippen LogP contribution is -2.49. The minimum Gasteiger partial charge on any atom is -0.394 e. The van der Waals surface area contributed by atoms with Crippen molar-refractivity contribution in [2.75, 3.05) is 20.3 Å². The van der Waals surface area contributed by atoms with E-state index in [0.29, 0.717) is 0 Å². The molecule has 0 aliphatic rings. The average molecular weight is 181 g/mol. The molecule has 6 nitrogen and oxygen atoms in total. The van der Waals surface area contributed by atoms with Crippen molar-refractivity contribution in [3.05, 3.63) is 0 Å². The summed E-state index contributed by atoms with van der Waals surface area (Å²) in [6, 6.07) is 0. The molecule has 0 radical (unpaired) electrons. The number of hydrogen-bond acceptors (Lipinski definition) is 6. The highest BCUT2D eigenvalue weighted by Gasteiger charge is 2.24. The fourth-order valence-corrected chi connectivity index (χ4v) is 0.671. The van der Waals surface area contributed by atoms with Crippen molar-refractivity contribution >= 4 is 0 Å². The molecule has 0 fully saturated rings. The van der Waals surface area contributed by atoms with Crippen LogP contribution in [0.5, 0.6) is 0 Å². The maximum absolute atomic E-state index is 9.13. The molecule has 0 aliphatic carbocycles. The van der Waals surface area contributed by atoms with Gasteiger partial charge in [-0.3, -0.25) is 4.90 Å². The molecular weight excluding hydrogens is 166 g/mol. The lowest BCUT2D eigenvalue weighted by molar-refractivity contribution is -0.153. The second-order valence-corrected chi connectivity index (χ2v) is 2.49. The molecule has 0 aromatic rings. The van der Waals surface area contributed by atoms with Crippen molar-refractivity contribution in [2.24, 2.45) is 0 Å². The molecule has 12 heavy (non-hydrogen) atoms. The number of aliphatic hydroxyl groups excluding tert-OH is 5. The SMILES string of the molecule is CN(C(O)CO)C(O)C(O)CO. The summed E-state index contributed by atoms with van der Waals surface area (Å²) in [6.45, 7) is -1.16. The monoisotopic (exact) mass is 181 g/mol. The van der Waals surface area contributed by atoms with Crippen LogP contribution < -0.4 is 0 Å². The van der Waals surface area contributed by atoms with Crippen LogP contribution in [0.2, 0.25) is 0 Å². The Morgan fingerprint density at radius 1 is 1.08 bits per heavy atom. The Morgan fingerprint density at radius 2 is 1.58 bits per heavy atom. The highest BCUT2D eigenvalue weighted by Crippen LogP contribution is 2.01. The number of hydrogen-bond donors (Lipinski definition) is 5. The van der Waals surface area contributed by atoms with Crippen LogP contribution in [-0.2, 0) is 0 Å². The van der Waals surface area contributed by atoms with E-state index in [1.165, 1.54) is 7.05 Å². The fourth-order valence-electron chi connectivity index (χ4n) is 0.671. The third-order valence-electron chi connectivity index (χ3n) is 1.58. The van der Waals surface area contributed by atoms with Gasteiger partial charge in [0.15, 0.2) is 0 Å². The Kier molecular flexibility index (Phi) is 5.31. The standard InChI is InChI=1S/C6H15NO5/c1-7(5(11)3-9)6(12)4(10)2-8/h4-6,8-12H,2-3H2,1H3. The highest BCUT2D eigenvalue weighted by atomic mass is 16.4. The molecular formula is C6H15NO5. The van der Waals surface area contributed by atoms with E-state index in [0.717, 1.165) is 4.90 Å². The zero-order valence-corrected chi connectivity index (χ0v) is 6.83. The molecule has 0 spiro atoms. The van der Waals surface area contributed by atoms with E-state index in [4.69, 9.17) is 25.5 Å². The minimum absolute atomic E-state index is 0.550. The van der Waals surface area contributed by atoms with E-state index in [1.54, 1.807) is 0 Å². The van der Waals surface area contributed by atoms with E-state index in [2.05, 4.69) is 0 Å². The number of aliphatic hydroxyl groups is 5. The highest BCUT2D eigenvalue weighted by molar-refractivity contribution is 4.67. The first-order valence-corrected chi connectivity index (χ1v) is 3.52. The van der Waals surface area contributed by atoms with Gasteiger partial charge in [0.1, 0.15) is 18.6 Å². The molecule has 0 aromatic carbocycles. The van der Waals surface area contributed by atoms with Crippen LogP contribution >= 0.6 is 0 Å². The lowest BCUT2D eigenvalue weighted by Gasteiger charge is -2.29. The summed E-state index contributed by atoms with van der Waals surface area (Å²) < 4.78 is 0. The van der Waals surface area contributed by atoms with Gasteiger partial charge in [-0.25, -0.2) is 0 Å². The van der Waals surface area contributed by atoms with Gasteiger partial charge in [0.25, 0.3) is 0 Å². The molecule has 0 aromatic heterocycles. The summed E-state index contributed by atoms with van der Waals surface area (Å²) in [5.41, 5.74) is 0. The van der Waals surface area contributed by atoms with Gasteiger partial charge in [0.2, 0.25) is 0 Å². The molecule has 5 N–H and O–H groups in total. The molecule has 0 saturated carbocycles. The molecule has 0 aliphatic heterocycles. The first-order chi connectivity index (χ1) is 5.54. The van der Waals surface area contributed by atoms with Crippen LogP contribution in [0.3, 0.4) is 0 Å². The van der Waals surface area contributed by atoms with E-state index in [9.17, 15) is 0 Å². The predicted octanol–water partition coefficient (Wildman–Crippen LogP) is -3.10. The van der Waals surface area contributed by atoms with Crippen molar-refractivity contribution in [1.82, 2.24) is 4.90 Å². The van der Waals surface area contributed by atoms with E-state index in [1.807, 2.05) is 0 Å². The Balaban J connectivity index is 3.99. The molecule has 0 saturated heterocycles. The Bertz CT molecular complexity index is 109. The molecule has 3 atom stereocenters. The summed E-state index contributed by atoms with van der Waals surface area (Å²) in [5, 5.41) is 43.9. The summed E-state index contributed by atoms with van der Waals surface area (Å²) in [4.78, 5) is 0.945. The topological polar surface area (TPSA) is 104 Å². The minimum atomic E-state index is -1.39. The van der Waals surface area contributed by atoms with Crippen LogP contribution in [0.4, 0.5) is 0 Å². The van der Waals surface area contributed by atoms with Gasteiger partial charge < -0.3 is 25.5 Å². The van der Waals surface area contributed by atoms with Gasteiger partial charge in [-0.05, 0) is 7.05 Å². The third kappa shape index (κ3) is 3.02. The largest absolute Gasteiger partial charge is 0.394 e. The number of likely N-dealkylation sites (N-methyl/N-ethyl adjacent to an activating group) is 1. The molecule has 74 valence electrons. The smallest absolute Gasteiger partial charge is 0.137 e. The maximum Gasteiger partial charge on any atom is 0.137 e. The number of rotatable bonds is 5. The Labute approximate surface area is 70.3 Å². The number of nitrogens with zero attached hydrogens (tertiary/aromatic N) is 1. The maximum atomic E-state index is 9.13. The van der Waals surface area contributed by atoms with Crippen LogP contribution in [0, 0.1) is 0 Å². The van der Waals surface area contributed by atoms with Gasteiger partial charge in [0, 0.05) is 0 Å². The normalized spacial score (nSPS) is 19.2. The van der Waals surface area contributed by atoms with Gasteiger partial charge in [0.05, 0.1) is 13.2 Å². The van der Waals surface area contributed by atoms with Crippen LogP contribution in [-0.4, -0.2) is 69.3 Å². The van der Waals surface area contributed by atoms with Gasteiger partial charge in [-0.2, -0.15) is 0 Å². The average Bonchev–Trinajstić information content (AvgIpc) is 2.12. The predicted molar refractivity (Wildman–Crippen MR) is 40.0 cm³/mol. The second kappa shape index (κ2) is 5.41. The van der Waals surface area contributed by atoms with Gasteiger partial charge in [-0.15, -0.1) is 0 Å². The first-order valence-electron chi connectivity index (χ1n) is 3.52. The second-order valence-electron chi connectivity index (χ2n) is 2.49. The lowest BCUT2D eigenvalue weighted by atomic mass is 10.3. The molecule has 6 heteroatoms. The van der Waals surface area contributed by atoms with Crippen LogP contribution in [0.25, 0.3) is 0 Å². The Morgan fingerprint density at radius 3 is 1.92 bits per heavy atom. The molecule has 0 rings (SSSR count). The van der Waals surface area contributed by atoms with Gasteiger partial charge in [-0.1, -0.05) is 0 Å². The quantitative estimate of drug-likeness (QED) is 0.288. The first kappa shape index (κ1) is 11.8. The zero-order valence-electron chi connectivity index (χ0n) is 6.83. The Hall–Kier alpha value is -0.240. The van der Waals surface area contributed by atoms with Crippen LogP contribution in [0.1, 0.15) is 0 Å². The summed E-state index contributed by atoms with van der Waals surface area (Å²) >= 11 is 0. The molecule has 0 bridgehead atoms. The van der Waals surface area contributed by atoms with Crippen molar-refractivity contribution in [1.29, 1.82) is 0 Å². The summed E-state index contributed by atoms with van der Waals surface area (Å²) in [7, 11) is 1.31. The van der Waals surface area contributed by atoms with Gasteiger partial charge >= 0.3 is 0 Å². The molecule has 0 heterocycles. The van der Waals surface area contributed by atoms with E-state index in [-0.39, 0.29) is 0 Å². The van der Waals surface area contributed by atoms with Crippen LogP contribution in [0.15, 0.2) is 0 Å². The summed E-state index contributed by atoms with van der Waals surface area (Å²) in [5.74, 6) is 0. The molecule has 3 unspecified atom stereocenters. The fraction of sp³-hybridized carbons (Fsp3) is 1.00. The van der Waals surface area contributed by atoms with Crippen molar-refractivity contribution in [2.45, 2.75) is 18.6 Å². The third-order valence-corrected chi connectivity index (χ3v) is 1.58. The molecule has 0 amide bonds. The zero-order chi connectivity index (χ0) is 9.72.